The number of nitrogens with zero attached hydrogens (tertiary/aromatic N) is 1. The molecule has 9 nitrogen and oxygen atoms in total. The van der Waals surface area contributed by atoms with E-state index in [0.717, 1.165) is 24.3 Å². The molecular weight excluding hydrogens is 453 g/mol. The van der Waals surface area contributed by atoms with Crippen molar-refractivity contribution in [3.63, 3.8) is 0 Å². The third kappa shape index (κ3) is 5.82. The molecular formula is C16H15F3N2O7S2. The molecule has 0 bridgehead atoms. The Balaban J connectivity index is 2.32. The fourth-order valence-corrected chi connectivity index (χ4v) is 5.28. The molecule has 0 aliphatic rings. The summed E-state index contributed by atoms with van der Waals surface area (Å²) in [5.74, 6) is -1.92. The van der Waals surface area contributed by atoms with Crippen molar-refractivity contribution >= 4 is 25.5 Å². The van der Waals surface area contributed by atoms with E-state index in [4.69, 9.17) is 0 Å². The van der Waals surface area contributed by atoms with E-state index >= 15 is 0 Å². The van der Waals surface area contributed by atoms with Gasteiger partial charge in [-0.2, -0.15) is 0 Å². The lowest BCUT2D eigenvalue weighted by atomic mass is 10.1. The fraction of sp³-hybridized carbons (Fsp3) is 0.250. The van der Waals surface area contributed by atoms with Crippen molar-refractivity contribution in [2.45, 2.75) is 30.0 Å². The Kier molecular flexibility index (Phi) is 6.32. The lowest BCUT2D eigenvalue weighted by Crippen LogP contribution is -2.18. The van der Waals surface area contributed by atoms with Gasteiger partial charge in [-0.15, -0.1) is 13.2 Å². The molecule has 0 saturated carbocycles. The fourth-order valence-electron chi connectivity index (χ4n) is 2.74. The molecule has 0 fully saturated rings. The van der Waals surface area contributed by atoms with Gasteiger partial charge in [-0.3, -0.25) is 14.8 Å². The summed E-state index contributed by atoms with van der Waals surface area (Å²) in [5, 5.41) is 10.6. The second-order valence-corrected chi connectivity index (χ2v) is 9.72. The first-order valence-corrected chi connectivity index (χ1v) is 11.1. The molecule has 30 heavy (non-hydrogen) atoms. The van der Waals surface area contributed by atoms with E-state index < -0.39 is 42.8 Å². The summed E-state index contributed by atoms with van der Waals surface area (Å²) in [5.41, 5.74) is 0.146. The number of nitrogens with one attached hydrogen (secondary N) is 1. The quantitative estimate of drug-likeness (QED) is 0.488. The Bertz CT molecular complexity index is 1150. The van der Waals surface area contributed by atoms with Crippen molar-refractivity contribution in [2.24, 2.45) is 0 Å². The largest absolute Gasteiger partial charge is 0.573 e. The lowest BCUT2D eigenvalue weighted by molar-refractivity contribution is -0.458. The predicted octanol–water partition coefficient (Wildman–Crippen LogP) is 3.01. The summed E-state index contributed by atoms with van der Waals surface area (Å²) in [4.78, 5) is 8.95. The number of ether oxygens (including phenoxy) is 1. The Morgan fingerprint density at radius 3 is 1.97 bits per heavy atom. The van der Waals surface area contributed by atoms with E-state index in [1.54, 1.807) is 0 Å². The number of sulfone groups is 1. The average Bonchev–Trinajstić information content (AvgIpc) is 2.50. The standard InChI is InChI=1S/C16H15F3N2O7S2/c1-10-7-12(8-11(2)15(10)29(24,25)9-21(22)23)20-30(26,27)14-5-3-13(4-6-14)28-16(17,18)19/h3-8,20H,9H2,1-2H3. The highest BCUT2D eigenvalue weighted by atomic mass is 32.2. The maximum absolute atomic E-state index is 12.5. The lowest BCUT2D eigenvalue weighted by Gasteiger charge is -2.14. The zero-order valence-corrected chi connectivity index (χ0v) is 17.1. The van der Waals surface area contributed by atoms with Crippen molar-refractivity contribution in [3.8, 4) is 5.75 Å². The Hall–Kier alpha value is -2.87. The predicted molar refractivity (Wildman–Crippen MR) is 98.9 cm³/mol. The Labute approximate surface area is 169 Å². The number of alkyl halides is 3. The van der Waals surface area contributed by atoms with Gasteiger partial charge in [0.05, 0.1) is 9.79 Å². The van der Waals surface area contributed by atoms with Crippen LogP contribution in [0.1, 0.15) is 11.1 Å². The second kappa shape index (κ2) is 8.10. The molecule has 2 aromatic rings. The first kappa shape index (κ1) is 23.4. The number of rotatable bonds is 7. The molecule has 0 spiro atoms. The van der Waals surface area contributed by atoms with Crippen molar-refractivity contribution < 1.29 is 39.7 Å². The SMILES string of the molecule is Cc1cc(NS(=O)(=O)c2ccc(OC(F)(F)F)cc2)cc(C)c1S(=O)(=O)C[N+](=O)[O-]. The molecule has 0 atom stereocenters. The van der Waals surface area contributed by atoms with E-state index in [1.165, 1.54) is 26.0 Å². The van der Waals surface area contributed by atoms with E-state index in [1.807, 2.05) is 0 Å². The van der Waals surface area contributed by atoms with Crippen molar-refractivity contribution in [1.82, 2.24) is 0 Å². The van der Waals surface area contributed by atoms with Crippen LogP contribution in [-0.4, -0.2) is 34.0 Å². The van der Waals surface area contributed by atoms with Gasteiger partial charge < -0.3 is 4.74 Å². The van der Waals surface area contributed by atoms with Crippen molar-refractivity contribution in [2.75, 3.05) is 10.6 Å². The van der Waals surface area contributed by atoms with Crippen LogP contribution in [0.15, 0.2) is 46.2 Å². The number of benzene rings is 2. The van der Waals surface area contributed by atoms with Crippen LogP contribution in [0.4, 0.5) is 18.9 Å². The molecule has 14 heteroatoms. The van der Waals surface area contributed by atoms with Crippen molar-refractivity contribution in [3.05, 3.63) is 57.6 Å². The van der Waals surface area contributed by atoms with Crippen LogP contribution in [0, 0.1) is 24.0 Å². The van der Waals surface area contributed by atoms with Crippen LogP contribution in [-0.2, 0) is 19.9 Å². The van der Waals surface area contributed by atoms with Gasteiger partial charge in [-0.1, -0.05) is 0 Å². The van der Waals surface area contributed by atoms with Gasteiger partial charge in [0.25, 0.3) is 10.0 Å². The molecule has 0 unspecified atom stereocenters. The van der Waals surface area contributed by atoms with Gasteiger partial charge >= 0.3 is 12.2 Å². The van der Waals surface area contributed by atoms with Crippen LogP contribution in [0.3, 0.4) is 0 Å². The van der Waals surface area contributed by atoms with Crippen LogP contribution in [0.5, 0.6) is 5.75 Å². The molecule has 0 aliphatic heterocycles. The molecule has 0 aromatic heterocycles. The van der Waals surface area contributed by atoms with Crippen LogP contribution in [0.25, 0.3) is 0 Å². The summed E-state index contributed by atoms with van der Waals surface area (Å²) in [7, 11) is -8.45. The summed E-state index contributed by atoms with van der Waals surface area (Å²) in [6.07, 6.45) is -4.93. The summed E-state index contributed by atoms with van der Waals surface area (Å²) in [6.45, 7) is 2.70. The zero-order valence-electron chi connectivity index (χ0n) is 15.4. The first-order valence-electron chi connectivity index (χ1n) is 7.95. The number of sulfonamides is 1. The number of halogens is 3. The maximum Gasteiger partial charge on any atom is 0.573 e. The summed E-state index contributed by atoms with van der Waals surface area (Å²) in [6, 6.07) is 5.81. The van der Waals surface area contributed by atoms with E-state index in [9.17, 15) is 40.1 Å². The van der Waals surface area contributed by atoms with Gasteiger partial charge in [0, 0.05) is 10.6 Å². The number of hydrogen-bond acceptors (Lipinski definition) is 7. The Morgan fingerprint density at radius 2 is 1.53 bits per heavy atom. The van der Waals surface area contributed by atoms with Crippen molar-refractivity contribution in [1.29, 1.82) is 0 Å². The third-order valence-electron chi connectivity index (χ3n) is 3.67. The molecule has 0 saturated heterocycles. The van der Waals surface area contributed by atoms with Gasteiger partial charge in [-0.25, -0.2) is 16.8 Å². The normalized spacial score (nSPS) is 12.4. The third-order valence-corrected chi connectivity index (χ3v) is 6.88. The van der Waals surface area contributed by atoms with E-state index in [-0.39, 0.29) is 26.6 Å². The molecule has 1 N–H and O–H groups in total. The Morgan fingerprint density at radius 1 is 1.03 bits per heavy atom. The summed E-state index contributed by atoms with van der Waals surface area (Å²) < 4.78 is 91.7. The highest BCUT2D eigenvalue weighted by molar-refractivity contribution is 7.92. The van der Waals surface area contributed by atoms with Crippen LogP contribution in [0.2, 0.25) is 0 Å². The average molecular weight is 468 g/mol. The van der Waals surface area contributed by atoms with E-state index in [2.05, 4.69) is 9.46 Å². The smallest absolute Gasteiger partial charge is 0.406 e. The molecule has 0 amide bonds. The highest BCUT2D eigenvalue weighted by Crippen LogP contribution is 2.28. The topological polar surface area (TPSA) is 133 Å². The van der Waals surface area contributed by atoms with Gasteiger partial charge in [0.2, 0.25) is 9.84 Å². The molecule has 164 valence electrons. The number of hydrogen-bond donors (Lipinski definition) is 1. The van der Waals surface area contributed by atoms with Crippen LogP contribution < -0.4 is 9.46 Å². The molecule has 0 radical (unpaired) electrons. The monoisotopic (exact) mass is 468 g/mol. The van der Waals surface area contributed by atoms with Gasteiger partial charge in [0.15, 0.2) is 0 Å². The number of nitro groups is 1. The number of aryl methyl sites for hydroxylation is 2. The van der Waals surface area contributed by atoms with Crippen LogP contribution >= 0.6 is 0 Å². The molecule has 0 heterocycles. The highest BCUT2D eigenvalue weighted by Gasteiger charge is 2.31. The minimum Gasteiger partial charge on any atom is -0.406 e. The molecule has 2 rings (SSSR count). The second-order valence-electron chi connectivity index (χ2n) is 6.14. The molecule has 2 aromatic carbocycles. The minimum atomic E-state index is -4.93. The van der Waals surface area contributed by atoms with Gasteiger partial charge in [-0.05, 0) is 61.4 Å². The number of anilines is 1. The zero-order chi connectivity index (χ0) is 22.9. The maximum atomic E-state index is 12.5. The molecule has 0 aliphatic carbocycles. The first-order chi connectivity index (χ1) is 13.6. The minimum absolute atomic E-state index is 0.0272. The summed E-state index contributed by atoms with van der Waals surface area (Å²) >= 11 is 0. The van der Waals surface area contributed by atoms with Gasteiger partial charge in [0.1, 0.15) is 5.75 Å². The van der Waals surface area contributed by atoms with E-state index in [0.29, 0.717) is 0 Å².